The lowest BCUT2D eigenvalue weighted by Crippen LogP contribution is -1.90. The van der Waals surface area contributed by atoms with E-state index in [0.29, 0.717) is 5.92 Å². The summed E-state index contributed by atoms with van der Waals surface area (Å²) in [5.74, 6) is 0.622. The predicted molar refractivity (Wildman–Crippen MR) is 65.5 cm³/mol. The first-order chi connectivity index (χ1) is 7.33. The Morgan fingerprint density at radius 2 is 2.33 bits per heavy atom. The predicted octanol–water partition coefficient (Wildman–Crippen LogP) is 4.04. The van der Waals surface area contributed by atoms with Crippen LogP contribution in [0.2, 0.25) is 0 Å². The van der Waals surface area contributed by atoms with Crippen molar-refractivity contribution in [3.05, 3.63) is 40.9 Å². The van der Waals surface area contributed by atoms with E-state index in [4.69, 9.17) is 0 Å². The van der Waals surface area contributed by atoms with Crippen LogP contribution in [0.3, 0.4) is 0 Å². The van der Waals surface area contributed by atoms with Crippen LogP contribution < -0.4 is 0 Å². The zero-order valence-electron chi connectivity index (χ0n) is 8.73. The number of aromatic nitrogens is 1. The molecule has 3 rings (SSSR count). The Kier molecular flexibility index (Phi) is 2.10. The summed E-state index contributed by atoms with van der Waals surface area (Å²) >= 11 is 1.77. The van der Waals surface area contributed by atoms with Crippen molar-refractivity contribution in [1.29, 1.82) is 0 Å². The molecule has 1 atom stereocenters. The van der Waals surface area contributed by atoms with E-state index in [0.717, 1.165) is 10.5 Å². The molecule has 2 heteroatoms. The lowest BCUT2D eigenvalue weighted by atomic mass is 9.99. The first-order valence-electron chi connectivity index (χ1n) is 5.37. The van der Waals surface area contributed by atoms with E-state index in [2.05, 4.69) is 42.3 Å². The Morgan fingerprint density at radius 1 is 1.40 bits per heavy atom. The van der Waals surface area contributed by atoms with E-state index < -0.39 is 0 Å². The number of thiazole rings is 1. The molecule has 0 radical (unpaired) electrons. The lowest BCUT2D eigenvalue weighted by Gasteiger charge is -2.06. The second-order valence-corrected chi connectivity index (χ2v) is 5.31. The molecule has 0 amide bonds. The van der Waals surface area contributed by atoms with Crippen LogP contribution in [0.4, 0.5) is 0 Å². The molecule has 0 saturated carbocycles. The first-order valence-corrected chi connectivity index (χ1v) is 6.18. The standard InChI is InChI=1S/C13H13NS/c1-9-14-12-8-11(6-7-13(12)15-9)10-4-2-3-5-10/h2,4,6-8,10H,3,5H2,1H3. The summed E-state index contributed by atoms with van der Waals surface area (Å²) in [7, 11) is 0. The number of rotatable bonds is 1. The molecule has 1 unspecified atom stereocenters. The average molecular weight is 215 g/mol. The first kappa shape index (κ1) is 9.10. The van der Waals surface area contributed by atoms with Gasteiger partial charge in [0.15, 0.2) is 0 Å². The molecular formula is C13H13NS. The number of allylic oxidation sites excluding steroid dienone is 2. The minimum atomic E-state index is 0.622. The van der Waals surface area contributed by atoms with Crippen molar-refractivity contribution in [2.75, 3.05) is 0 Å². The summed E-state index contributed by atoms with van der Waals surface area (Å²) in [6.07, 6.45) is 7.08. The monoisotopic (exact) mass is 215 g/mol. The third-order valence-electron chi connectivity index (χ3n) is 2.96. The Morgan fingerprint density at radius 3 is 3.13 bits per heavy atom. The van der Waals surface area contributed by atoms with Crippen molar-refractivity contribution in [1.82, 2.24) is 4.98 Å². The van der Waals surface area contributed by atoms with Gasteiger partial charge in [-0.1, -0.05) is 18.2 Å². The molecule has 1 aliphatic rings. The normalized spacial score (nSPS) is 20.2. The molecule has 0 bridgehead atoms. The molecule has 15 heavy (non-hydrogen) atoms. The maximum atomic E-state index is 4.54. The molecule has 1 aromatic heterocycles. The van der Waals surface area contributed by atoms with Crippen LogP contribution in [-0.2, 0) is 0 Å². The van der Waals surface area contributed by atoms with E-state index in [1.807, 2.05) is 0 Å². The molecule has 1 aliphatic carbocycles. The highest BCUT2D eigenvalue weighted by atomic mass is 32.1. The molecule has 0 fully saturated rings. The smallest absolute Gasteiger partial charge is 0.0907 e. The van der Waals surface area contributed by atoms with Gasteiger partial charge in [-0.05, 0) is 37.5 Å². The number of aryl methyl sites for hydroxylation is 1. The molecule has 1 heterocycles. The molecule has 0 spiro atoms. The van der Waals surface area contributed by atoms with Crippen LogP contribution in [-0.4, -0.2) is 4.98 Å². The second-order valence-electron chi connectivity index (χ2n) is 4.07. The molecule has 0 aliphatic heterocycles. The topological polar surface area (TPSA) is 12.9 Å². The van der Waals surface area contributed by atoms with Crippen molar-refractivity contribution >= 4 is 21.6 Å². The Labute approximate surface area is 93.5 Å². The molecule has 2 aromatic rings. The molecule has 1 aromatic carbocycles. The van der Waals surface area contributed by atoms with Gasteiger partial charge < -0.3 is 0 Å². The fraction of sp³-hybridized carbons (Fsp3) is 0.308. The maximum absolute atomic E-state index is 4.54. The van der Waals surface area contributed by atoms with Crippen LogP contribution in [0.1, 0.15) is 29.3 Å². The van der Waals surface area contributed by atoms with Gasteiger partial charge in [0, 0.05) is 5.92 Å². The second kappa shape index (κ2) is 3.46. The SMILES string of the molecule is Cc1nc2cc(C3C=CCC3)ccc2s1. The van der Waals surface area contributed by atoms with E-state index >= 15 is 0 Å². The number of benzene rings is 1. The van der Waals surface area contributed by atoms with Gasteiger partial charge in [0.25, 0.3) is 0 Å². The zero-order valence-corrected chi connectivity index (χ0v) is 9.55. The third kappa shape index (κ3) is 1.59. The third-order valence-corrected chi connectivity index (χ3v) is 3.91. The minimum absolute atomic E-state index is 0.622. The fourth-order valence-electron chi connectivity index (χ4n) is 2.20. The van der Waals surface area contributed by atoms with Crippen molar-refractivity contribution in [3.8, 4) is 0 Å². The Hall–Kier alpha value is -1.15. The van der Waals surface area contributed by atoms with Crippen LogP contribution in [0.25, 0.3) is 10.2 Å². The van der Waals surface area contributed by atoms with Crippen molar-refractivity contribution in [2.45, 2.75) is 25.7 Å². The summed E-state index contributed by atoms with van der Waals surface area (Å²) in [6, 6.07) is 6.71. The summed E-state index contributed by atoms with van der Waals surface area (Å²) in [5.41, 5.74) is 2.58. The number of fused-ring (bicyclic) bond motifs is 1. The number of hydrogen-bond acceptors (Lipinski definition) is 2. The van der Waals surface area contributed by atoms with Gasteiger partial charge in [0.1, 0.15) is 0 Å². The van der Waals surface area contributed by atoms with Crippen LogP contribution in [0.5, 0.6) is 0 Å². The summed E-state index contributed by atoms with van der Waals surface area (Å²) < 4.78 is 1.30. The van der Waals surface area contributed by atoms with Crippen LogP contribution in [0.15, 0.2) is 30.4 Å². The largest absolute Gasteiger partial charge is 0.242 e. The van der Waals surface area contributed by atoms with E-state index in [9.17, 15) is 0 Å². The van der Waals surface area contributed by atoms with Gasteiger partial charge in [-0.15, -0.1) is 11.3 Å². The van der Waals surface area contributed by atoms with Crippen molar-refractivity contribution in [3.63, 3.8) is 0 Å². The average Bonchev–Trinajstić information content (AvgIpc) is 2.82. The Balaban J connectivity index is 2.08. The van der Waals surface area contributed by atoms with Gasteiger partial charge in [-0.2, -0.15) is 0 Å². The van der Waals surface area contributed by atoms with Gasteiger partial charge in [-0.25, -0.2) is 4.98 Å². The number of nitrogens with zero attached hydrogens (tertiary/aromatic N) is 1. The molecule has 76 valence electrons. The highest BCUT2D eigenvalue weighted by molar-refractivity contribution is 7.18. The lowest BCUT2D eigenvalue weighted by molar-refractivity contribution is 0.802. The zero-order chi connectivity index (χ0) is 10.3. The number of hydrogen-bond donors (Lipinski definition) is 0. The van der Waals surface area contributed by atoms with Crippen LogP contribution in [0, 0.1) is 6.92 Å². The maximum Gasteiger partial charge on any atom is 0.0907 e. The van der Waals surface area contributed by atoms with Gasteiger partial charge >= 0.3 is 0 Å². The van der Waals surface area contributed by atoms with E-state index in [-0.39, 0.29) is 0 Å². The van der Waals surface area contributed by atoms with E-state index in [1.54, 1.807) is 11.3 Å². The van der Waals surface area contributed by atoms with Gasteiger partial charge in [0.2, 0.25) is 0 Å². The van der Waals surface area contributed by atoms with Gasteiger partial charge in [0.05, 0.1) is 15.2 Å². The Bertz CT molecular complexity index is 524. The van der Waals surface area contributed by atoms with Gasteiger partial charge in [-0.3, -0.25) is 0 Å². The minimum Gasteiger partial charge on any atom is -0.242 e. The fourth-order valence-corrected chi connectivity index (χ4v) is 3.01. The highest BCUT2D eigenvalue weighted by Crippen LogP contribution is 2.31. The molecule has 0 saturated heterocycles. The molecular weight excluding hydrogens is 202 g/mol. The summed E-state index contributed by atoms with van der Waals surface area (Å²) in [5, 5.41) is 1.16. The van der Waals surface area contributed by atoms with Crippen molar-refractivity contribution in [2.24, 2.45) is 0 Å². The summed E-state index contributed by atoms with van der Waals surface area (Å²) in [4.78, 5) is 4.54. The van der Waals surface area contributed by atoms with Crippen molar-refractivity contribution < 1.29 is 0 Å². The highest BCUT2D eigenvalue weighted by Gasteiger charge is 2.12. The van der Waals surface area contributed by atoms with E-state index in [1.165, 1.54) is 23.1 Å². The molecule has 1 nitrogen and oxygen atoms in total. The van der Waals surface area contributed by atoms with Crippen LogP contribution >= 0.6 is 11.3 Å². The molecule has 0 N–H and O–H groups in total. The quantitative estimate of drug-likeness (QED) is 0.654. The summed E-state index contributed by atoms with van der Waals surface area (Å²) in [6.45, 7) is 2.07.